The predicted octanol–water partition coefficient (Wildman–Crippen LogP) is 2.67. The van der Waals surface area contributed by atoms with Crippen molar-refractivity contribution in [1.82, 2.24) is 20.4 Å². The average Bonchev–Trinajstić information content (AvgIpc) is 3.33. The Labute approximate surface area is 187 Å². The van der Waals surface area contributed by atoms with E-state index in [-0.39, 0.29) is 11.8 Å². The number of benzene rings is 2. The van der Waals surface area contributed by atoms with E-state index in [2.05, 4.69) is 25.7 Å². The first kappa shape index (κ1) is 21.7. The third kappa shape index (κ3) is 5.81. The van der Waals surface area contributed by atoms with Crippen molar-refractivity contribution in [3.05, 3.63) is 71.9 Å². The molecule has 8 nitrogen and oxygen atoms in total. The largest absolute Gasteiger partial charge is 0.379 e. The molecular formula is C24H27N5O3. The van der Waals surface area contributed by atoms with Crippen molar-refractivity contribution >= 4 is 17.5 Å². The standard InChI is InChI=1S/C24H27N5O3/c30-22(9-10-29-11-13-32-14-12-29)27-20-8-4-5-18(15-20)16-25-24(31)21-17-26-28-23(21)19-6-2-1-3-7-19/h1-8,15,17H,9-14,16H2,(H,25,31)(H,26,28)(H,27,30). The van der Waals surface area contributed by atoms with Crippen LogP contribution < -0.4 is 10.6 Å². The van der Waals surface area contributed by atoms with Crippen molar-refractivity contribution in [2.24, 2.45) is 0 Å². The molecule has 8 heteroatoms. The number of nitrogens with zero attached hydrogens (tertiary/aromatic N) is 2. The van der Waals surface area contributed by atoms with Crippen LogP contribution in [0, 0.1) is 0 Å². The molecule has 2 aromatic carbocycles. The number of rotatable bonds is 8. The third-order valence-electron chi connectivity index (χ3n) is 5.37. The van der Waals surface area contributed by atoms with Gasteiger partial charge in [-0.3, -0.25) is 19.6 Å². The maximum absolute atomic E-state index is 12.7. The Morgan fingerprint density at radius 3 is 2.69 bits per heavy atom. The summed E-state index contributed by atoms with van der Waals surface area (Å²) in [5.41, 5.74) is 3.69. The number of anilines is 1. The van der Waals surface area contributed by atoms with E-state index in [9.17, 15) is 9.59 Å². The van der Waals surface area contributed by atoms with Gasteiger partial charge in [0.15, 0.2) is 0 Å². The Bertz CT molecular complexity index is 1040. The van der Waals surface area contributed by atoms with Crippen LogP contribution in [0.1, 0.15) is 22.3 Å². The fraction of sp³-hybridized carbons (Fsp3) is 0.292. The number of nitrogens with one attached hydrogen (secondary N) is 3. The zero-order valence-corrected chi connectivity index (χ0v) is 17.8. The summed E-state index contributed by atoms with van der Waals surface area (Å²) >= 11 is 0. The van der Waals surface area contributed by atoms with Crippen molar-refractivity contribution in [2.75, 3.05) is 38.2 Å². The topological polar surface area (TPSA) is 99.3 Å². The Morgan fingerprint density at radius 1 is 1.06 bits per heavy atom. The van der Waals surface area contributed by atoms with E-state index >= 15 is 0 Å². The summed E-state index contributed by atoms with van der Waals surface area (Å²) in [7, 11) is 0. The molecular weight excluding hydrogens is 406 g/mol. The molecule has 1 saturated heterocycles. The van der Waals surface area contributed by atoms with Crippen molar-refractivity contribution in [1.29, 1.82) is 0 Å². The number of carbonyl (C=O) groups is 2. The number of hydrogen-bond acceptors (Lipinski definition) is 5. The van der Waals surface area contributed by atoms with Gasteiger partial charge in [-0.15, -0.1) is 0 Å². The fourth-order valence-electron chi connectivity index (χ4n) is 3.63. The lowest BCUT2D eigenvalue weighted by atomic mass is 10.1. The molecule has 4 rings (SSSR count). The number of carbonyl (C=O) groups excluding carboxylic acids is 2. The molecule has 0 spiro atoms. The van der Waals surface area contributed by atoms with Crippen LogP contribution in [-0.4, -0.2) is 59.8 Å². The number of H-pyrrole nitrogens is 1. The maximum Gasteiger partial charge on any atom is 0.255 e. The molecule has 32 heavy (non-hydrogen) atoms. The molecule has 0 bridgehead atoms. The number of hydrogen-bond donors (Lipinski definition) is 3. The van der Waals surface area contributed by atoms with E-state index in [0.717, 1.165) is 49.7 Å². The van der Waals surface area contributed by atoms with Gasteiger partial charge < -0.3 is 15.4 Å². The number of ether oxygens (including phenoxy) is 1. The van der Waals surface area contributed by atoms with Gasteiger partial charge in [-0.1, -0.05) is 42.5 Å². The van der Waals surface area contributed by atoms with Crippen molar-refractivity contribution < 1.29 is 14.3 Å². The zero-order chi connectivity index (χ0) is 22.2. The number of aromatic nitrogens is 2. The van der Waals surface area contributed by atoms with E-state index in [1.807, 2.05) is 54.6 Å². The van der Waals surface area contributed by atoms with Gasteiger partial charge in [-0.25, -0.2) is 0 Å². The molecule has 1 aromatic heterocycles. The van der Waals surface area contributed by atoms with Crippen molar-refractivity contribution in [2.45, 2.75) is 13.0 Å². The minimum absolute atomic E-state index is 0.0245. The molecule has 3 N–H and O–H groups in total. The summed E-state index contributed by atoms with van der Waals surface area (Å²) in [6.07, 6.45) is 1.96. The highest BCUT2D eigenvalue weighted by molar-refractivity contribution is 5.99. The first-order valence-electron chi connectivity index (χ1n) is 10.7. The van der Waals surface area contributed by atoms with Crippen molar-refractivity contribution in [3.63, 3.8) is 0 Å². The lowest BCUT2D eigenvalue weighted by Gasteiger charge is -2.26. The van der Waals surface area contributed by atoms with Gasteiger partial charge in [-0.05, 0) is 17.7 Å². The SMILES string of the molecule is O=C(CCN1CCOCC1)Nc1cccc(CNC(=O)c2cn[nH]c2-c2ccccc2)c1. The van der Waals surface area contributed by atoms with Gasteiger partial charge in [0, 0.05) is 43.9 Å². The van der Waals surface area contributed by atoms with Gasteiger partial charge in [0.05, 0.1) is 30.7 Å². The van der Waals surface area contributed by atoms with Gasteiger partial charge in [0.2, 0.25) is 5.91 Å². The van der Waals surface area contributed by atoms with E-state index < -0.39 is 0 Å². The summed E-state index contributed by atoms with van der Waals surface area (Å²) in [5.74, 6) is -0.235. The molecule has 1 aliphatic rings. The first-order valence-corrected chi connectivity index (χ1v) is 10.7. The zero-order valence-electron chi connectivity index (χ0n) is 17.8. The van der Waals surface area contributed by atoms with Gasteiger partial charge in [0.1, 0.15) is 0 Å². The molecule has 0 atom stereocenters. The summed E-state index contributed by atoms with van der Waals surface area (Å²) in [6, 6.07) is 17.1. The second-order valence-corrected chi connectivity index (χ2v) is 7.66. The van der Waals surface area contributed by atoms with Crippen LogP contribution in [-0.2, 0) is 16.1 Å². The smallest absolute Gasteiger partial charge is 0.255 e. The maximum atomic E-state index is 12.7. The highest BCUT2D eigenvalue weighted by Gasteiger charge is 2.15. The van der Waals surface area contributed by atoms with Crippen LogP contribution in [0.25, 0.3) is 11.3 Å². The molecule has 1 aliphatic heterocycles. The highest BCUT2D eigenvalue weighted by Crippen LogP contribution is 2.20. The number of aromatic amines is 1. The van der Waals surface area contributed by atoms with Crippen LogP contribution in [0.15, 0.2) is 60.8 Å². The molecule has 0 unspecified atom stereocenters. The molecule has 3 aromatic rings. The number of morpholine rings is 1. The van der Waals surface area contributed by atoms with Gasteiger partial charge >= 0.3 is 0 Å². The quantitative estimate of drug-likeness (QED) is 0.507. The summed E-state index contributed by atoms with van der Waals surface area (Å²) in [6.45, 7) is 4.24. The Morgan fingerprint density at radius 2 is 1.88 bits per heavy atom. The molecule has 0 aliphatic carbocycles. The molecule has 0 saturated carbocycles. The summed E-state index contributed by atoms with van der Waals surface area (Å²) < 4.78 is 5.33. The van der Waals surface area contributed by atoms with Gasteiger partial charge in [0.25, 0.3) is 5.91 Å². The third-order valence-corrected chi connectivity index (χ3v) is 5.37. The fourth-order valence-corrected chi connectivity index (χ4v) is 3.63. The molecule has 1 fully saturated rings. The average molecular weight is 434 g/mol. The van der Waals surface area contributed by atoms with Crippen LogP contribution in [0.3, 0.4) is 0 Å². The van der Waals surface area contributed by atoms with Crippen LogP contribution >= 0.6 is 0 Å². The van der Waals surface area contributed by atoms with Crippen LogP contribution in [0.4, 0.5) is 5.69 Å². The summed E-state index contributed by atoms with van der Waals surface area (Å²) in [4.78, 5) is 27.3. The van der Waals surface area contributed by atoms with Crippen LogP contribution in [0.2, 0.25) is 0 Å². The highest BCUT2D eigenvalue weighted by atomic mass is 16.5. The van der Waals surface area contributed by atoms with Gasteiger partial charge in [-0.2, -0.15) is 5.10 Å². The number of amides is 2. The Kier molecular flexibility index (Phi) is 7.27. The Hall–Kier alpha value is -3.49. The first-order chi connectivity index (χ1) is 15.7. The van der Waals surface area contributed by atoms with E-state index in [1.165, 1.54) is 6.20 Å². The lowest BCUT2D eigenvalue weighted by Crippen LogP contribution is -2.38. The normalized spacial score (nSPS) is 14.1. The second-order valence-electron chi connectivity index (χ2n) is 7.66. The van der Waals surface area contributed by atoms with E-state index in [1.54, 1.807) is 0 Å². The van der Waals surface area contributed by atoms with Crippen LogP contribution in [0.5, 0.6) is 0 Å². The van der Waals surface area contributed by atoms with E-state index in [4.69, 9.17) is 4.74 Å². The second kappa shape index (κ2) is 10.7. The molecule has 0 radical (unpaired) electrons. The van der Waals surface area contributed by atoms with Crippen molar-refractivity contribution in [3.8, 4) is 11.3 Å². The summed E-state index contributed by atoms with van der Waals surface area (Å²) in [5, 5.41) is 12.8. The minimum Gasteiger partial charge on any atom is -0.379 e. The monoisotopic (exact) mass is 433 g/mol. The predicted molar refractivity (Wildman–Crippen MR) is 122 cm³/mol. The minimum atomic E-state index is -0.211. The van der Waals surface area contributed by atoms with E-state index in [0.29, 0.717) is 24.2 Å². The molecule has 2 amide bonds. The Balaban J connectivity index is 1.30. The lowest BCUT2D eigenvalue weighted by molar-refractivity contribution is -0.116. The molecule has 166 valence electrons. The molecule has 2 heterocycles.